The van der Waals surface area contributed by atoms with E-state index in [1.54, 1.807) is 19.2 Å². The maximum Gasteiger partial charge on any atom is 0.191 e. The van der Waals surface area contributed by atoms with E-state index in [-0.39, 0.29) is 35.8 Å². The van der Waals surface area contributed by atoms with Gasteiger partial charge in [0.25, 0.3) is 0 Å². The third kappa shape index (κ3) is 6.19. The fourth-order valence-corrected chi connectivity index (χ4v) is 5.30. The van der Waals surface area contributed by atoms with Crippen molar-refractivity contribution in [3.63, 3.8) is 0 Å². The number of benzene rings is 1. The molecule has 2 heterocycles. The largest absolute Gasteiger partial charge is 0.381 e. The van der Waals surface area contributed by atoms with E-state index in [9.17, 15) is 12.8 Å². The molecule has 0 spiro atoms. The predicted octanol–water partition coefficient (Wildman–Crippen LogP) is 2.17. The van der Waals surface area contributed by atoms with Crippen molar-refractivity contribution in [1.82, 2.24) is 10.6 Å². The van der Waals surface area contributed by atoms with Gasteiger partial charge in [-0.25, -0.2) is 12.8 Å². The number of guanidine groups is 1. The van der Waals surface area contributed by atoms with E-state index >= 15 is 0 Å². The van der Waals surface area contributed by atoms with Crippen LogP contribution in [0.3, 0.4) is 0 Å². The molecule has 1 aromatic carbocycles. The van der Waals surface area contributed by atoms with Crippen LogP contribution in [-0.4, -0.2) is 71.3 Å². The predicted molar refractivity (Wildman–Crippen MR) is 129 cm³/mol. The number of hydrogen-bond acceptors (Lipinski definition) is 5. The lowest BCUT2D eigenvalue weighted by atomic mass is 9.99. The molecule has 170 valence electrons. The third-order valence-electron chi connectivity index (χ3n) is 5.93. The molecular formula is C20H32FIN4O3S. The first-order valence-corrected chi connectivity index (χ1v) is 12.0. The molecule has 0 aliphatic carbocycles. The van der Waals surface area contributed by atoms with Gasteiger partial charge < -0.3 is 20.3 Å². The molecule has 0 aromatic heterocycles. The smallest absolute Gasteiger partial charge is 0.191 e. The van der Waals surface area contributed by atoms with E-state index in [0.29, 0.717) is 38.6 Å². The van der Waals surface area contributed by atoms with Crippen molar-refractivity contribution in [1.29, 1.82) is 0 Å². The Labute approximate surface area is 195 Å². The molecule has 2 saturated heterocycles. The van der Waals surface area contributed by atoms with E-state index in [0.717, 1.165) is 31.6 Å². The summed E-state index contributed by atoms with van der Waals surface area (Å²) in [4.78, 5) is 6.44. The molecule has 1 aromatic rings. The standard InChI is InChI=1S/C20H31FN4O3S.HI/c1-22-19(23-15-20(29(2,26)27)8-11-28-12-9-20)24-17-6-4-10-25(14-17)18-7-3-5-16(21)13-18;/h3,5,7,13,17H,4,6,8-12,14-15H2,1-2H3,(H2,22,23,24);1H. The van der Waals surface area contributed by atoms with E-state index in [1.807, 2.05) is 6.07 Å². The molecule has 2 N–H and O–H groups in total. The van der Waals surface area contributed by atoms with Crippen LogP contribution < -0.4 is 15.5 Å². The summed E-state index contributed by atoms with van der Waals surface area (Å²) in [5, 5.41) is 6.63. The van der Waals surface area contributed by atoms with Gasteiger partial charge in [-0.15, -0.1) is 24.0 Å². The van der Waals surface area contributed by atoms with Crippen molar-refractivity contribution in [2.45, 2.75) is 36.5 Å². The number of aliphatic imine (C=N–C) groups is 1. The van der Waals surface area contributed by atoms with Crippen molar-refractivity contribution in [2.24, 2.45) is 4.99 Å². The van der Waals surface area contributed by atoms with Gasteiger partial charge in [0.2, 0.25) is 0 Å². The fraction of sp³-hybridized carbons (Fsp3) is 0.650. The minimum Gasteiger partial charge on any atom is -0.381 e. The zero-order valence-electron chi connectivity index (χ0n) is 17.6. The van der Waals surface area contributed by atoms with Crippen LogP contribution in [0.4, 0.5) is 10.1 Å². The van der Waals surface area contributed by atoms with Crippen LogP contribution in [0.1, 0.15) is 25.7 Å². The number of nitrogens with zero attached hydrogens (tertiary/aromatic N) is 2. The topological polar surface area (TPSA) is 83.0 Å². The van der Waals surface area contributed by atoms with Crippen molar-refractivity contribution >= 4 is 45.5 Å². The van der Waals surface area contributed by atoms with Gasteiger partial charge in [0.1, 0.15) is 5.82 Å². The molecule has 0 bridgehead atoms. The van der Waals surface area contributed by atoms with Crippen molar-refractivity contribution < 1.29 is 17.5 Å². The summed E-state index contributed by atoms with van der Waals surface area (Å²) in [7, 11) is -1.56. The quantitative estimate of drug-likeness (QED) is 0.330. The molecule has 0 radical (unpaired) electrons. The normalized spacial score (nSPS) is 22.2. The van der Waals surface area contributed by atoms with Gasteiger partial charge in [0.05, 0.1) is 4.75 Å². The average molecular weight is 554 g/mol. The van der Waals surface area contributed by atoms with Crippen molar-refractivity contribution in [3.05, 3.63) is 30.1 Å². The zero-order valence-corrected chi connectivity index (χ0v) is 20.7. The fourth-order valence-electron chi connectivity index (χ4n) is 4.06. The highest BCUT2D eigenvalue weighted by atomic mass is 127. The summed E-state index contributed by atoms with van der Waals surface area (Å²) in [6.45, 7) is 2.81. The molecule has 7 nitrogen and oxygen atoms in total. The van der Waals surface area contributed by atoms with Crippen molar-refractivity contribution in [3.8, 4) is 0 Å². The monoisotopic (exact) mass is 554 g/mol. The highest BCUT2D eigenvalue weighted by Gasteiger charge is 2.42. The van der Waals surface area contributed by atoms with Crippen LogP contribution in [0.15, 0.2) is 29.3 Å². The van der Waals surface area contributed by atoms with Gasteiger partial charge in [-0.2, -0.15) is 0 Å². The lowest BCUT2D eigenvalue weighted by Gasteiger charge is -2.37. The van der Waals surface area contributed by atoms with Crippen LogP contribution in [0.2, 0.25) is 0 Å². The minimum atomic E-state index is -3.24. The Morgan fingerprint density at radius 3 is 2.73 bits per heavy atom. The number of hydrogen-bond donors (Lipinski definition) is 2. The van der Waals surface area contributed by atoms with Crippen LogP contribution >= 0.6 is 24.0 Å². The first-order chi connectivity index (χ1) is 13.8. The zero-order chi connectivity index (χ0) is 20.9. The highest BCUT2D eigenvalue weighted by molar-refractivity contribution is 14.0. The van der Waals surface area contributed by atoms with Crippen LogP contribution in [0.5, 0.6) is 0 Å². The molecule has 1 atom stereocenters. The molecule has 2 aliphatic rings. The second-order valence-corrected chi connectivity index (χ2v) is 10.3. The SMILES string of the molecule is CN=C(NCC1(S(C)(=O)=O)CCOCC1)NC1CCCN(c2cccc(F)c2)C1.I. The Morgan fingerprint density at radius 1 is 1.37 bits per heavy atom. The van der Waals surface area contributed by atoms with E-state index in [4.69, 9.17) is 4.74 Å². The molecule has 0 amide bonds. The summed E-state index contributed by atoms with van der Waals surface area (Å²) < 4.78 is 43.0. The van der Waals surface area contributed by atoms with Gasteiger partial charge in [0, 0.05) is 57.9 Å². The summed E-state index contributed by atoms with van der Waals surface area (Å²) >= 11 is 0. The Hall–Kier alpha value is -1.14. The first kappa shape index (κ1) is 25.1. The number of ether oxygens (including phenoxy) is 1. The molecule has 0 saturated carbocycles. The average Bonchev–Trinajstić information content (AvgIpc) is 2.71. The van der Waals surface area contributed by atoms with Gasteiger partial charge in [-0.1, -0.05) is 6.07 Å². The van der Waals surface area contributed by atoms with E-state index in [1.165, 1.54) is 12.3 Å². The maximum atomic E-state index is 13.6. The molecule has 2 aliphatic heterocycles. The van der Waals surface area contributed by atoms with Gasteiger partial charge in [0.15, 0.2) is 15.8 Å². The van der Waals surface area contributed by atoms with Gasteiger partial charge >= 0.3 is 0 Å². The Morgan fingerprint density at radius 2 is 2.10 bits per heavy atom. The number of piperidine rings is 1. The van der Waals surface area contributed by atoms with Crippen LogP contribution in [-0.2, 0) is 14.6 Å². The number of nitrogens with one attached hydrogen (secondary N) is 2. The van der Waals surface area contributed by atoms with Gasteiger partial charge in [-0.3, -0.25) is 4.99 Å². The first-order valence-electron chi connectivity index (χ1n) is 10.1. The highest BCUT2D eigenvalue weighted by Crippen LogP contribution is 2.28. The lowest BCUT2D eigenvalue weighted by Crippen LogP contribution is -2.56. The van der Waals surface area contributed by atoms with E-state index in [2.05, 4.69) is 20.5 Å². The number of halogens is 2. The summed E-state index contributed by atoms with van der Waals surface area (Å²) in [5.41, 5.74) is 0.873. The van der Waals surface area contributed by atoms with Crippen LogP contribution in [0, 0.1) is 5.82 Å². The molecule has 2 fully saturated rings. The van der Waals surface area contributed by atoms with Crippen LogP contribution in [0.25, 0.3) is 0 Å². The molecule has 1 unspecified atom stereocenters. The van der Waals surface area contributed by atoms with Crippen molar-refractivity contribution in [2.75, 3.05) is 51.1 Å². The summed E-state index contributed by atoms with van der Waals surface area (Å²) in [6, 6.07) is 6.78. The number of sulfone groups is 1. The second kappa shape index (κ2) is 10.9. The second-order valence-electron chi connectivity index (χ2n) is 7.90. The molecule has 3 rings (SSSR count). The summed E-state index contributed by atoms with van der Waals surface area (Å²) in [5.74, 6) is 0.350. The maximum absolute atomic E-state index is 13.6. The molecular weight excluding hydrogens is 522 g/mol. The summed E-state index contributed by atoms with van der Waals surface area (Å²) in [6.07, 6.45) is 4.21. The number of anilines is 1. The number of rotatable bonds is 5. The van der Waals surface area contributed by atoms with E-state index < -0.39 is 14.6 Å². The molecule has 10 heteroatoms. The minimum absolute atomic E-state index is 0. The Bertz CT molecular complexity index is 831. The Kier molecular flexibility index (Phi) is 9.16. The third-order valence-corrected chi connectivity index (χ3v) is 8.05. The Balaban J connectivity index is 0.00000320. The van der Waals surface area contributed by atoms with Gasteiger partial charge in [-0.05, 0) is 43.9 Å². The molecule has 30 heavy (non-hydrogen) atoms. The lowest BCUT2D eigenvalue weighted by molar-refractivity contribution is 0.0756.